The van der Waals surface area contributed by atoms with Crippen molar-refractivity contribution in [3.63, 3.8) is 0 Å². The molecule has 4 nitrogen and oxygen atoms in total. The monoisotopic (exact) mass is 255 g/mol. The molecule has 0 saturated heterocycles. The topological polar surface area (TPSA) is 54.0 Å². The van der Waals surface area contributed by atoms with Crippen LogP contribution in [-0.2, 0) is 11.3 Å². The molecule has 1 aromatic carbocycles. The predicted octanol–water partition coefficient (Wildman–Crippen LogP) is 2.96. The summed E-state index contributed by atoms with van der Waals surface area (Å²) >= 11 is 0. The van der Waals surface area contributed by atoms with Crippen LogP contribution in [0.15, 0.2) is 42.6 Å². The smallest absolute Gasteiger partial charge is 0.221 e. The first-order valence-electron chi connectivity index (χ1n) is 6.16. The third-order valence-corrected chi connectivity index (χ3v) is 2.63. The lowest BCUT2D eigenvalue weighted by Gasteiger charge is -2.08. The van der Waals surface area contributed by atoms with E-state index in [0.717, 1.165) is 22.6 Å². The molecule has 19 heavy (non-hydrogen) atoms. The molecular formula is C15H17N3O. The average molecular weight is 255 g/mol. The standard InChI is InChI=1S/C15H17N3O/c1-11-6-7-15(16-9-11)17-10-13-4-3-5-14(8-13)18-12(2)19/h3-9H,10H2,1-2H3,(H,16,17)(H,18,19). The summed E-state index contributed by atoms with van der Waals surface area (Å²) in [6.45, 7) is 4.18. The summed E-state index contributed by atoms with van der Waals surface area (Å²) in [6.07, 6.45) is 1.83. The van der Waals surface area contributed by atoms with Gasteiger partial charge in [-0.15, -0.1) is 0 Å². The van der Waals surface area contributed by atoms with Gasteiger partial charge in [-0.2, -0.15) is 0 Å². The molecule has 2 rings (SSSR count). The Labute approximate surface area is 112 Å². The van der Waals surface area contributed by atoms with Crippen molar-refractivity contribution in [3.05, 3.63) is 53.7 Å². The summed E-state index contributed by atoms with van der Waals surface area (Å²) in [5.74, 6) is 0.779. The van der Waals surface area contributed by atoms with Crippen LogP contribution in [0.1, 0.15) is 18.1 Å². The SMILES string of the molecule is CC(=O)Nc1cccc(CNc2ccc(C)cn2)c1. The molecule has 2 N–H and O–H groups in total. The van der Waals surface area contributed by atoms with Gasteiger partial charge in [0.1, 0.15) is 5.82 Å². The fraction of sp³-hybridized carbons (Fsp3) is 0.200. The maximum absolute atomic E-state index is 11.0. The van der Waals surface area contributed by atoms with Gasteiger partial charge in [0, 0.05) is 25.4 Å². The van der Waals surface area contributed by atoms with Gasteiger partial charge in [-0.3, -0.25) is 4.79 Å². The molecule has 0 unspecified atom stereocenters. The summed E-state index contributed by atoms with van der Waals surface area (Å²) in [5, 5.41) is 6.01. The number of pyridine rings is 1. The summed E-state index contributed by atoms with van der Waals surface area (Å²) in [4.78, 5) is 15.3. The zero-order valence-electron chi connectivity index (χ0n) is 11.1. The number of carbonyl (C=O) groups excluding carboxylic acids is 1. The van der Waals surface area contributed by atoms with Crippen LogP contribution >= 0.6 is 0 Å². The quantitative estimate of drug-likeness (QED) is 0.883. The Hall–Kier alpha value is -2.36. The minimum absolute atomic E-state index is 0.0645. The number of rotatable bonds is 4. The molecule has 0 fully saturated rings. The summed E-state index contributed by atoms with van der Waals surface area (Å²) < 4.78 is 0. The second-order valence-corrected chi connectivity index (χ2v) is 4.46. The van der Waals surface area contributed by atoms with E-state index >= 15 is 0 Å². The highest BCUT2D eigenvalue weighted by molar-refractivity contribution is 5.88. The number of aryl methyl sites for hydroxylation is 1. The fourth-order valence-corrected chi connectivity index (χ4v) is 1.73. The van der Waals surface area contributed by atoms with Crippen molar-refractivity contribution in [2.24, 2.45) is 0 Å². The third kappa shape index (κ3) is 4.10. The van der Waals surface area contributed by atoms with E-state index in [9.17, 15) is 4.79 Å². The molecule has 0 saturated carbocycles. The van der Waals surface area contributed by atoms with Gasteiger partial charge in [0.05, 0.1) is 0 Å². The van der Waals surface area contributed by atoms with Crippen LogP contribution in [0.3, 0.4) is 0 Å². The van der Waals surface area contributed by atoms with E-state index in [1.165, 1.54) is 6.92 Å². The molecule has 0 aliphatic rings. The van der Waals surface area contributed by atoms with Gasteiger partial charge in [-0.05, 0) is 36.2 Å². The first-order chi connectivity index (χ1) is 9.13. The van der Waals surface area contributed by atoms with Gasteiger partial charge >= 0.3 is 0 Å². The Balaban J connectivity index is 1.99. The van der Waals surface area contributed by atoms with Gasteiger partial charge in [0.25, 0.3) is 0 Å². The predicted molar refractivity (Wildman–Crippen MR) is 77.0 cm³/mol. The van der Waals surface area contributed by atoms with Crippen molar-refractivity contribution < 1.29 is 4.79 Å². The molecule has 0 aliphatic heterocycles. The number of carbonyl (C=O) groups is 1. The molecule has 0 spiro atoms. The number of hydrogen-bond acceptors (Lipinski definition) is 3. The summed E-state index contributed by atoms with van der Waals surface area (Å²) in [5.41, 5.74) is 3.04. The number of nitrogens with one attached hydrogen (secondary N) is 2. The molecule has 0 radical (unpaired) electrons. The van der Waals surface area contributed by atoms with Crippen molar-refractivity contribution in [1.29, 1.82) is 0 Å². The second kappa shape index (κ2) is 6.00. The number of aromatic nitrogens is 1. The molecule has 1 heterocycles. The Morgan fingerprint density at radius 3 is 2.79 bits per heavy atom. The van der Waals surface area contributed by atoms with Gasteiger partial charge in [-0.25, -0.2) is 4.98 Å². The lowest BCUT2D eigenvalue weighted by molar-refractivity contribution is -0.114. The summed E-state index contributed by atoms with van der Waals surface area (Å²) in [6, 6.07) is 11.7. The average Bonchev–Trinajstić information content (AvgIpc) is 2.38. The molecule has 2 aromatic rings. The number of anilines is 2. The van der Waals surface area contributed by atoms with Crippen LogP contribution in [0.5, 0.6) is 0 Å². The lowest BCUT2D eigenvalue weighted by Crippen LogP contribution is -2.07. The van der Waals surface area contributed by atoms with Crippen LogP contribution in [0, 0.1) is 6.92 Å². The zero-order valence-corrected chi connectivity index (χ0v) is 11.1. The molecule has 0 aliphatic carbocycles. The first kappa shape index (κ1) is 13.1. The highest BCUT2D eigenvalue weighted by atomic mass is 16.1. The van der Waals surface area contributed by atoms with Gasteiger partial charge in [0.2, 0.25) is 5.91 Å². The van der Waals surface area contributed by atoms with Crippen molar-refractivity contribution in [1.82, 2.24) is 4.98 Å². The van der Waals surface area contributed by atoms with Crippen molar-refractivity contribution in [2.45, 2.75) is 20.4 Å². The van der Waals surface area contributed by atoms with Gasteiger partial charge in [0.15, 0.2) is 0 Å². The Morgan fingerprint density at radius 1 is 1.26 bits per heavy atom. The van der Waals surface area contributed by atoms with Crippen LogP contribution in [0.25, 0.3) is 0 Å². The van der Waals surface area contributed by atoms with Crippen LogP contribution in [0.2, 0.25) is 0 Å². The number of nitrogens with zero attached hydrogens (tertiary/aromatic N) is 1. The van der Waals surface area contributed by atoms with Gasteiger partial charge < -0.3 is 10.6 Å². The Bertz CT molecular complexity index is 564. The molecule has 1 amide bonds. The Morgan fingerprint density at radius 2 is 2.11 bits per heavy atom. The third-order valence-electron chi connectivity index (χ3n) is 2.63. The highest BCUT2D eigenvalue weighted by Crippen LogP contribution is 2.12. The van der Waals surface area contributed by atoms with E-state index in [1.54, 1.807) is 0 Å². The zero-order chi connectivity index (χ0) is 13.7. The van der Waals surface area contributed by atoms with E-state index in [2.05, 4.69) is 15.6 Å². The summed E-state index contributed by atoms with van der Waals surface area (Å²) in [7, 11) is 0. The van der Waals surface area contributed by atoms with Crippen LogP contribution in [-0.4, -0.2) is 10.9 Å². The largest absolute Gasteiger partial charge is 0.366 e. The van der Waals surface area contributed by atoms with Gasteiger partial charge in [-0.1, -0.05) is 18.2 Å². The minimum Gasteiger partial charge on any atom is -0.366 e. The highest BCUT2D eigenvalue weighted by Gasteiger charge is 1.99. The molecular weight excluding hydrogens is 238 g/mol. The number of benzene rings is 1. The van der Waals surface area contributed by atoms with E-state index in [-0.39, 0.29) is 5.91 Å². The second-order valence-electron chi connectivity index (χ2n) is 4.46. The van der Waals surface area contributed by atoms with Crippen LogP contribution < -0.4 is 10.6 Å². The normalized spacial score (nSPS) is 10.0. The lowest BCUT2D eigenvalue weighted by atomic mass is 10.2. The van der Waals surface area contributed by atoms with E-state index in [4.69, 9.17) is 0 Å². The molecule has 98 valence electrons. The van der Waals surface area contributed by atoms with Crippen molar-refractivity contribution in [2.75, 3.05) is 10.6 Å². The first-order valence-corrected chi connectivity index (χ1v) is 6.16. The Kier molecular flexibility index (Phi) is 4.13. The van der Waals surface area contributed by atoms with E-state index in [1.807, 2.05) is 49.5 Å². The maximum Gasteiger partial charge on any atom is 0.221 e. The number of amides is 1. The molecule has 4 heteroatoms. The van der Waals surface area contributed by atoms with E-state index < -0.39 is 0 Å². The van der Waals surface area contributed by atoms with E-state index in [0.29, 0.717) is 6.54 Å². The molecule has 0 bridgehead atoms. The molecule has 1 aromatic heterocycles. The van der Waals surface area contributed by atoms with Crippen molar-refractivity contribution in [3.8, 4) is 0 Å². The maximum atomic E-state index is 11.0. The minimum atomic E-state index is -0.0645. The van der Waals surface area contributed by atoms with Crippen molar-refractivity contribution >= 4 is 17.4 Å². The fourth-order valence-electron chi connectivity index (χ4n) is 1.73. The van der Waals surface area contributed by atoms with Crippen LogP contribution in [0.4, 0.5) is 11.5 Å². The molecule has 0 atom stereocenters. The number of hydrogen-bond donors (Lipinski definition) is 2.